The first kappa shape index (κ1) is 96.4. The number of anilines is 7. The van der Waals surface area contributed by atoms with Crippen LogP contribution in [-0.2, 0) is 41.6 Å². The van der Waals surface area contributed by atoms with Crippen molar-refractivity contribution in [1.82, 2.24) is 70.3 Å². The molecular formula is C93H95Cl10N21O4S. The number of hydrogen-bond donors (Lipinski definition) is 11. The number of aromatic hydroxyl groups is 1. The minimum absolute atomic E-state index is 0.00150. The number of carbonyl (C=O) groups excluding carboxylic acids is 2. The number of hydrazine groups is 1. The third kappa shape index (κ3) is 26.4. The van der Waals surface area contributed by atoms with Crippen molar-refractivity contribution in [1.29, 1.82) is 0 Å². The molecule has 7 aromatic carbocycles. The summed E-state index contributed by atoms with van der Waals surface area (Å²) in [5.74, 6) is 5.68. The van der Waals surface area contributed by atoms with Crippen molar-refractivity contribution in [3.63, 3.8) is 0 Å². The number of phenolic OH excluding ortho intramolecular Hbond substituents is 1. The number of benzene rings is 7. The van der Waals surface area contributed by atoms with Crippen LogP contribution in [0.2, 0.25) is 50.2 Å². The number of halogens is 10. The second kappa shape index (κ2) is 45.6. The molecule has 25 nitrogen and oxygen atoms in total. The fourth-order valence-electron chi connectivity index (χ4n) is 16.6. The number of amides is 2. The third-order valence-electron chi connectivity index (χ3n) is 22.5. The Bertz CT molecular complexity index is 5970. The summed E-state index contributed by atoms with van der Waals surface area (Å²) >= 11 is 63.5. The molecule has 129 heavy (non-hydrogen) atoms. The zero-order valence-electron chi connectivity index (χ0n) is 70.4. The first-order valence-electron chi connectivity index (χ1n) is 41.9. The second-order valence-corrected chi connectivity index (χ2v) is 36.3. The quantitative estimate of drug-likeness (QED) is 0.0198. The van der Waals surface area contributed by atoms with E-state index in [-0.39, 0.29) is 53.0 Å². The summed E-state index contributed by atoms with van der Waals surface area (Å²) in [5.41, 5.74) is 46.9. The molecule has 4 aliphatic carbocycles. The maximum Gasteiger partial charge on any atom is 0.409 e. The molecule has 0 radical (unpaired) electrons. The SMILES string of the molecule is CC(=O)NCCCCCc1cc(-c2cccc(Cl)c2Cl)nc(N)n1.CCOC(=O)N1CCC(Cc2cc(-c3cccc(Cl)c3Cl)nc(N)n2)CC1.Nc1nc(CCc2ccc(C3=CSNN3)cc2)cc(-c2cccc(Cl)c2Cl)n1.Nc1nc(NC23CC4CC(CC2C4)C3)cc(-c2cccc(Cl)c2Cl)n1.Nc1nc(NCCc2ccc(O)cc2)cc(-c2cccc(Cl)c2Cl)n1. The standard InChI is InChI=1S/C20H17Cl2N5S.C19H22Cl2N4O2.C19H20Cl2N4.C18H16Cl2N4O.C17H20Cl2N4O/c21-16-3-1-2-15(19(16)22)17-10-14(24-20(23)25-17)9-6-12-4-7-13(8-5-12)18-11-28-27-26-18;1-2-27-19(26)25-8-6-12(7-9-25)10-13-11-16(24-18(22)23-13)14-4-3-5-15(20)17(14)21;20-14-3-1-2-13(17(14)21)15-7-16(24-18(22)23-15)25-19-8-10-4-11(9-19)6-12(19)5-10;19-14-3-1-2-13(17(14)20)15-10-16(24-18(21)23-15)22-9-8-11-4-6-12(25)7-5-11;1-11(24)21-9-4-2-3-6-12-10-15(23-17(20)22-12)13-7-5-8-14(18)16(13)19/h1-5,7-8,10-11,26-27H,6,9H2,(H2,23,24,25);3-5,11-12H,2,6-10H2,1H3,(H2,22,23,24);1-3,7,10-12H,4-6,8-9H2,(H3,22,23,24,25);1-7,10,25H,8-9H2,(H3,21,22,23,24);5,7-8,10H,2-4,6,9H2,1H3,(H,21,24)(H2,20,22,23). The normalized spacial score (nSPS) is 16.3. The molecule has 672 valence electrons. The lowest BCUT2D eigenvalue weighted by Crippen LogP contribution is -2.39. The fourth-order valence-corrected chi connectivity index (χ4v) is 19.1. The Hall–Kier alpha value is -10.2. The summed E-state index contributed by atoms with van der Waals surface area (Å²) in [6.07, 6.45) is 15.0. The van der Waals surface area contributed by atoms with Gasteiger partial charge >= 0.3 is 6.09 Å². The van der Waals surface area contributed by atoms with Crippen LogP contribution in [0, 0.1) is 23.7 Å². The van der Waals surface area contributed by atoms with Gasteiger partial charge in [0.1, 0.15) is 17.4 Å². The number of ether oxygens (including phenoxy) is 1. The van der Waals surface area contributed by atoms with Crippen LogP contribution in [-0.4, -0.2) is 110 Å². The van der Waals surface area contributed by atoms with E-state index in [0.717, 1.165) is 144 Å². The number of aromatic nitrogens is 10. The zero-order chi connectivity index (χ0) is 91.4. The van der Waals surface area contributed by atoms with Gasteiger partial charge in [-0.2, -0.15) is 14.8 Å². The van der Waals surface area contributed by atoms with Gasteiger partial charge in [-0.25, -0.2) is 44.7 Å². The van der Waals surface area contributed by atoms with Crippen molar-refractivity contribution < 1.29 is 19.4 Å². The predicted octanol–water partition coefficient (Wildman–Crippen LogP) is 22.6. The fraction of sp³-hybridized carbons (Fsp3) is 0.290. The highest BCUT2D eigenvalue weighted by Gasteiger charge is 2.58. The van der Waals surface area contributed by atoms with Crippen molar-refractivity contribution in [3.05, 3.63) is 259 Å². The predicted molar refractivity (Wildman–Crippen MR) is 527 cm³/mol. The van der Waals surface area contributed by atoms with Crippen LogP contribution < -0.4 is 54.9 Å². The van der Waals surface area contributed by atoms with E-state index in [1.165, 1.54) is 56.5 Å². The highest BCUT2D eigenvalue weighted by atomic mass is 35.5. The van der Waals surface area contributed by atoms with E-state index >= 15 is 0 Å². The van der Waals surface area contributed by atoms with Crippen LogP contribution in [0.1, 0.15) is 112 Å². The van der Waals surface area contributed by atoms with E-state index in [1.54, 1.807) is 59.5 Å². The molecule has 4 saturated carbocycles. The number of likely N-dealkylation sites (tertiary alicyclic amines) is 1. The Morgan fingerprint density at radius 2 is 0.915 bits per heavy atom. The highest BCUT2D eigenvalue weighted by Crippen LogP contribution is 2.61. The van der Waals surface area contributed by atoms with Crippen LogP contribution in [0.3, 0.4) is 0 Å². The molecule has 5 fully saturated rings. The molecule has 0 spiro atoms. The molecular weight excluding hydrogens is 1860 g/mol. The summed E-state index contributed by atoms with van der Waals surface area (Å²) in [6, 6.07) is 52.2. The van der Waals surface area contributed by atoms with Crippen LogP contribution in [0.15, 0.2) is 175 Å². The molecule has 36 heteroatoms. The molecule has 4 bridgehead atoms. The Morgan fingerprint density at radius 3 is 1.38 bits per heavy atom. The number of phenols is 1. The van der Waals surface area contributed by atoms with Gasteiger partial charge < -0.3 is 64.8 Å². The molecule has 2 amide bonds. The number of nitrogens with two attached hydrogens (primary N) is 5. The van der Waals surface area contributed by atoms with Gasteiger partial charge in [-0.3, -0.25) is 4.79 Å². The van der Waals surface area contributed by atoms with E-state index < -0.39 is 0 Å². The Balaban J connectivity index is 0.000000138. The van der Waals surface area contributed by atoms with Gasteiger partial charge in [0.15, 0.2) is 0 Å². The van der Waals surface area contributed by atoms with E-state index in [2.05, 4.69) is 100 Å². The van der Waals surface area contributed by atoms with Gasteiger partial charge in [0.05, 0.1) is 91.0 Å². The zero-order valence-corrected chi connectivity index (χ0v) is 78.7. The molecule has 2 aliphatic heterocycles. The van der Waals surface area contributed by atoms with Gasteiger partial charge in [-0.15, -0.1) is 0 Å². The number of nitrogen functional groups attached to an aromatic ring is 5. The molecule has 2 unspecified atom stereocenters. The van der Waals surface area contributed by atoms with Crippen LogP contribution in [0.4, 0.5) is 46.2 Å². The van der Waals surface area contributed by atoms with Crippen molar-refractivity contribution in [3.8, 4) is 62.0 Å². The molecule has 2 atom stereocenters. The summed E-state index contributed by atoms with van der Waals surface area (Å²) in [5, 5.41) is 25.8. The maximum atomic E-state index is 11.8. The Labute approximate surface area is 803 Å². The number of nitrogens with one attached hydrogen (secondary N) is 5. The van der Waals surface area contributed by atoms with Gasteiger partial charge in [-0.1, -0.05) is 219 Å². The molecule has 16 N–H and O–H groups in total. The number of nitrogens with zero attached hydrogens (tertiary/aromatic N) is 11. The number of aryl methyl sites for hydroxylation is 3. The number of rotatable bonds is 24. The second-order valence-electron chi connectivity index (χ2n) is 31.7. The van der Waals surface area contributed by atoms with E-state index in [0.29, 0.717) is 129 Å². The van der Waals surface area contributed by atoms with Crippen molar-refractivity contribution >= 4 is 187 Å². The van der Waals surface area contributed by atoms with Gasteiger partial charge in [0, 0.05) is 101 Å². The lowest BCUT2D eigenvalue weighted by atomic mass is 9.80. The highest BCUT2D eigenvalue weighted by molar-refractivity contribution is 8.00. The van der Waals surface area contributed by atoms with E-state index in [1.807, 2.05) is 103 Å². The van der Waals surface area contributed by atoms with Gasteiger partial charge in [0.25, 0.3) is 0 Å². The average Bonchev–Trinajstić information content (AvgIpc) is 1.57. The summed E-state index contributed by atoms with van der Waals surface area (Å²) < 4.78 is 5.06. The summed E-state index contributed by atoms with van der Waals surface area (Å²) in [7, 11) is 0. The molecule has 7 heterocycles. The summed E-state index contributed by atoms with van der Waals surface area (Å²) in [6.45, 7) is 6.47. The minimum Gasteiger partial charge on any atom is -0.508 e. The van der Waals surface area contributed by atoms with Crippen molar-refractivity contribution in [2.24, 2.45) is 23.7 Å². The Kier molecular flexibility index (Phi) is 34.1. The number of hydrogen-bond acceptors (Lipinski definition) is 24. The molecule has 5 aromatic heterocycles. The Morgan fingerprint density at radius 1 is 0.488 bits per heavy atom. The minimum atomic E-state index is -0.236. The van der Waals surface area contributed by atoms with E-state index in [9.17, 15) is 14.7 Å². The maximum absolute atomic E-state index is 11.8. The third-order valence-corrected chi connectivity index (χ3v) is 27.2. The van der Waals surface area contributed by atoms with Crippen LogP contribution in [0.5, 0.6) is 5.75 Å². The smallest absolute Gasteiger partial charge is 0.409 e. The first-order chi connectivity index (χ1) is 62.1. The number of carbonyl (C=O) groups is 2. The lowest BCUT2D eigenvalue weighted by Gasteiger charge is -2.34. The van der Waals surface area contributed by atoms with Crippen LogP contribution >= 0.6 is 128 Å². The summed E-state index contributed by atoms with van der Waals surface area (Å²) in [4.78, 5) is 70.5. The van der Waals surface area contributed by atoms with Gasteiger partial charge in [0.2, 0.25) is 35.6 Å². The van der Waals surface area contributed by atoms with Crippen LogP contribution in [0.25, 0.3) is 62.0 Å². The molecule has 18 rings (SSSR count). The topological polar surface area (TPSA) is 386 Å². The van der Waals surface area contributed by atoms with Crippen molar-refractivity contribution in [2.45, 2.75) is 116 Å². The molecule has 12 aromatic rings. The molecule has 1 saturated heterocycles. The number of piperidine rings is 1. The first-order valence-corrected chi connectivity index (χ1v) is 46.6. The molecule has 6 aliphatic rings. The van der Waals surface area contributed by atoms with Gasteiger partial charge in [-0.05, 0) is 210 Å². The van der Waals surface area contributed by atoms with Crippen molar-refractivity contribution in [2.75, 3.05) is 72.1 Å². The van der Waals surface area contributed by atoms with E-state index in [4.69, 9.17) is 149 Å². The lowest BCUT2D eigenvalue weighted by molar-refractivity contribution is -0.118. The largest absolute Gasteiger partial charge is 0.508 e. The monoisotopic (exact) mass is 1950 g/mol. The number of unbranched alkanes of at least 4 members (excludes halogenated alkanes) is 2. The average molecular weight is 1960 g/mol.